The summed E-state index contributed by atoms with van der Waals surface area (Å²) in [6, 6.07) is 3.95. The molecule has 0 bridgehead atoms. The standard InChI is InChI=1S/C12H15BrN2O4S/c1-19-10-5-4-8(13)7-11(10)20(17,18)15-9-3-2-6-14-12(9)16/h4-5,7,9,15H,2-3,6H2,1H3,(H,14,16)/t9-/m1/s1. The van der Waals surface area contributed by atoms with Crippen molar-refractivity contribution in [1.29, 1.82) is 0 Å². The molecule has 0 unspecified atom stereocenters. The number of rotatable bonds is 4. The molecule has 1 heterocycles. The molecule has 0 radical (unpaired) electrons. The van der Waals surface area contributed by atoms with Gasteiger partial charge in [0.2, 0.25) is 15.9 Å². The largest absolute Gasteiger partial charge is 0.495 e. The second-order valence-electron chi connectivity index (χ2n) is 4.40. The van der Waals surface area contributed by atoms with E-state index in [2.05, 4.69) is 26.0 Å². The van der Waals surface area contributed by atoms with Crippen LogP contribution in [0.4, 0.5) is 0 Å². The van der Waals surface area contributed by atoms with Crippen LogP contribution in [-0.4, -0.2) is 34.0 Å². The third-order valence-corrected chi connectivity index (χ3v) is 4.98. The van der Waals surface area contributed by atoms with Crippen molar-refractivity contribution in [2.75, 3.05) is 13.7 Å². The van der Waals surface area contributed by atoms with Crippen molar-refractivity contribution in [3.8, 4) is 5.75 Å². The van der Waals surface area contributed by atoms with E-state index >= 15 is 0 Å². The third-order valence-electron chi connectivity index (χ3n) is 3.00. The number of hydrogen-bond acceptors (Lipinski definition) is 4. The van der Waals surface area contributed by atoms with Crippen molar-refractivity contribution in [1.82, 2.24) is 10.0 Å². The van der Waals surface area contributed by atoms with E-state index in [1.165, 1.54) is 13.2 Å². The Hall–Kier alpha value is -1.12. The van der Waals surface area contributed by atoms with Gasteiger partial charge in [0.1, 0.15) is 16.7 Å². The van der Waals surface area contributed by atoms with E-state index < -0.39 is 16.1 Å². The van der Waals surface area contributed by atoms with Gasteiger partial charge in [-0.05, 0) is 31.0 Å². The lowest BCUT2D eigenvalue weighted by molar-refractivity contribution is -0.124. The SMILES string of the molecule is COc1ccc(Br)cc1S(=O)(=O)N[C@@H]1CCCNC1=O. The first kappa shape index (κ1) is 15.3. The van der Waals surface area contributed by atoms with Crippen LogP contribution < -0.4 is 14.8 Å². The van der Waals surface area contributed by atoms with E-state index in [1.807, 2.05) is 0 Å². The van der Waals surface area contributed by atoms with Crippen LogP contribution in [-0.2, 0) is 14.8 Å². The molecule has 1 fully saturated rings. The van der Waals surface area contributed by atoms with E-state index in [9.17, 15) is 13.2 Å². The van der Waals surface area contributed by atoms with Crippen LogP contribution in [0.5, 0.6) is 5.75 Å². The summed E-state index contributed by atoms with van der Waals surface area (Å²) < 4.78 is 32.9. The van der Waals surface area contributed by atoms with Crippen LogP contribution in [0, 0.1) is 0 Å². The molecule has 1 aliphatic rings. The molecule has 20 heavy (non-hydrogen) atoms. The minimum Gasteiger partial charge on any atom is -0.495 e. The maximum atomic E-state index is 12.4. The normalized spacial score (nSPS) is 19.5. The van der Waals surface area contributed by atoms with Gasteiger partial charge in [0, 0.05) is 11.0 Å². The van der Waals surface area contributed by atoms with E-state index in [1.54, 1.807) is 12.1 Å². The first-order chi connectivity index (χ1) is 9.44. The molecule has 1 aromatic rings. The molecule has 2 N–H and O–H groups in total. The maximum absolute atomic E-state index is 12.4. The summed E-state index contributed by atoms with van der Waals surface area (Å²) in [7, 11) is -2.43. The summed E-state index contributed by atoms with van der Waals surface area (Å²) in [4.78, 5) is 11.7. The number of carbonyl (C=O) groups excluding carboxylic acids is 1. The van der Waals surface area contributed by atoms with Crippen LogP contribution in [0.25, 0.3) is 0 Å². The highest BCUT2D eigenvalue weighted by Crippen LogP contribution is 2.27. The van der Waals surface area contributed by atoms with Gasteiger partial charge in [0.25, 0.3) is 0 Å². The minimum atomic E-state index is -3.82. The van der Waals surface area contributed by atoms with Gasteiger partial charge in [0.15, 0.2) is 0 Å². The quantitative estimate of drug-likeness (QED) is 0.837. The van der Waals surface area contributed by atoms with E-state index in [0.29, 0.717) is 17.4 Å². The number of hydrogen-bond donors (Lipinski definition) is 2. The zero-order chi connectivity index (χ0) is 14.8. The molecule has 1 saturated heterocycles. The number of halogens is 1. The molecule has 1 aliphatic heterocycles. The number of benzene rings is 1. The van der Waals surface area contributed by atoms with Gasteiger partial charge in [0.05, 0.1) is 7.11 Å². The molecule has 6 nitrogen and oxygen atoms in total. The fourth-order valence-corrected chi connectivity index (χ4v) is 3.93. The summed E-state index contributed by atoms with van der Waals surface area (Å²) in [5.41, 5.74) is 0. The van der Waals surface area contributed by atoms with Crippen LogP contribution in [0.2, 0.25) is 0 Å². The third kappa shape index (κ3) is 3.31. The van der Waals surface area contributed by atoms with Crippen molar-refractivity contribution >= 4 is 31.9 Å². The minimum absolute atomic E-state index is 0.00717. The Morgan fingerprint density at radius 1 is 1.45 bits per heavy atom. The smallest absolute Gasteiger partial charge is 0.245 e. The predicted molar refractivity (Wildman–Crippen MR) is 77.0 cm³/mol. The number of ether oxygens (including phenoxy) is 1. The van der Waals surface area contributed by atoms with Crippen LogP contribution in [0.1, 0.15) is 12.8 Å². The van der Waals surface area contributed by atoms with Crippen LogP contribution in [0.3, 0.4) is 0 Å². The van der Waals surface area contributed by atoms with Crippen molar-refractivity contribution in [2.45, 2.75) is 23.8 Å². The molecule has 110 valence electrons. The summed E-state index contributed by atoms with van der Waals surface area (Å²) in [5, 5.41) is 2.64. The lowest BCUT2D eigenvalue weighted by Crippen LogP contribution is -2.50. The fourth-order valence-electron chi connectivity index (χ4n) is 2.00. The molecule has 0 saturated carbocycles. The molecular weight excluding hydrogens is 348 g/mol. The number of methoxy groups -OCH3 is 1. The monoisotopic (exact) mass is 362 g/mol. The molecule has 1 amide bonds. The predicted octanol–water partition coefficient (Wildman–Crippen LogP) is 1.01. The Morgan fingerprint density at radius 2 is 2.20 bits per heavy atom. The lowest BCUT2D eigenvalue weighted by atomic mass is 10.1. The van der Waals surface area contributed by atoms with Gasteiger partial charge >= 0.3 is 0 Å². The van der Waals surface area contributed by atoms with Crippen molar-refractivity contribution in [2.24, 2.45) is 0 Å². The van der Waals surface area contributed by atoms with Gasteiger partial charge in [-0.1, -0.05) is 15.9 Å². The highest BCUT2D eigenvalue weighted by molar-refractivity contribution is 9.10. The van der Waals surface area contributed by atoms with E-state index in [0.717, 1.165) is 6.42 Å². The summed E-state index contributed by atoms with van der Waals surface area (Å²) in [5.74, 6) is -0.0642. The van der Waals surface area contributed by atoms with Crippen molar-refractivity contribution in [3.05, 3.63) is 22.7 Å². The first-order valence-electron chi connectivity index (χ1n) is 6.07. The fraction of sp³-hybridized carbons (Fsp3) is 0.417. The Balaban J connectivity index is 2.30. The zero-order valence-corrected chi connectivity index (χ0v) is 13.3. The van der Waals surface area contributed by atoms with Gasteiger partial charge < -0.3 is 10.1 Å². The van der Waals surface area contributed by atoms with Gasteiger partial charge in [-0.15, -0.1) is 0 Å². The Kier molecular flexibility index (Phi) is 4.66. The molecule has 0 aromatic heterocycles. The van der Waals surface area contributed by atoms with Gasteiger partial charge in [-0.2, -0.15) is 4.72 Å². The zero-order valence-electron chi connectivity index (χ0n) is 10.8. The molecule has 0 spiro atoms. The highest BCUT2D eigenvalue weighted by Gasteiger charge is 2.29. The lowest BCUT2D eigenvalue weighted by Gasteiger charge is -2.23. The van der Waals surface area contributed by atoms with E-state index in [-0.39, 0.29) is 16.6 Å². The van der Waals surface area contributed by atoms with Gasteiger partial charge in [-0.3, -0.25) is 4.79 Å². The van der Waals surface area contributed by atoms with Gasteiger partial charge in [-0.25, -0.2) is 8.42 Å². The number of carbonyl (C=O) groups is 1. The topological polar surface area (TPSA) is 84.5 Å². The Labute approximate surface area is 126 Å². The summed E-state index contributed by atoms with van der Waals surface area (Å²) in [6.07, 6.45) is 1.23. The van der Waals surface area contributed by atoms with E-state index in [4.69, 9.17) is 4.74 Å². The molecular formula is C12H15BrN2O4S. The first-order valence-corrected chi connectivity index (χ1v) is 8.35. The average Bonchev–Trinajstić information content (AvgIpc) is 2.41. The van der Waals surface area contributed by atoms with Crippen molar-refractivity contribution < 1.29 is 17.9 Å². The van der Waals surface area contributed by atoms with Crippen LogP contribution in [0.15, 0.2) is 27.6 Å². The highest BCUT2D eigenvalue weighted by atomic mass is 79.9. The molecule has 1 aromatic carbocycles. The molecule has 2 rings (SSSR count). The number of piperidine rings is 1. The van der Waals surface area contributed by atoms with Crippen LogP contribution >= 0.6 is 15.9 Å². The summed E-state index contributed by atoms with van der Waals surface area (Å²) >= 11 is 3.23. The number of sulfonamides is 1. The second-order valence-corrected chi connectivity index (χ2v) is 7.00. The Morgan fingerprint density at radius 3 is 2.85 bits per heavy atom. The molecule has 8 heteroatoms. The Bertz CT molecular complexity index is 618. The average molecular weight is 363 g/mol. The van der Waals surface area contributed by atoms with Crippen molar-refractivity contribution in [3.63, 3.8) is 0 Å². The number of amides is 1. The number of nitrogens with one attached hydrogen (secondary N) is 2. The summed E-state index contributed by atoms with van der Waals surface area (Å²) in [6.45, 7) is 0.581. The maximum Gasteiger partial charge on any atom is 0.245 e. The molecule has 1 atom stereocenters. The molecule has 0 aliphatic carbocycles. The second kappa shape index (κ2) is 6.11.